The topological polar surface area (TPSA) is 27.7 Å². The quantitative estimate of drug-likeness (QED) is 0.793. The Bertz CT molecular complexity index is 433. The van der Waals surface area contributed by atoms with E-state index in [0.29, 0.717) is 23.7 Å². The first-order valence-corrected chi connectivity index (χ1v) is 6.74. The van der Waals surface area contributed by atoms with E-state index in [9.17, 15) is 4.39 Å². The first kappa shape index (κ1) is 14.4. The Morgan fingerprint density at radius 1 is 1.32 bits per heavy atom. The molecule has 2 atom stereocenters. The van der Waals surface area contributed by atoms with Gasteiger partial charge in [0.1, 0.15) is 5.82 Å². The molecule has 3 nitrogen and oxygen atoms in total. The van der Waals surface area contributed by atoms with Gasteiger partial charge in [-0.2, -0.15) is 0 Å². The summed E-state index contributed by atoms with van der Waals surface area (Å²) < 4.78 is 29.8. The molecule has 1 aliphatic heterocycles. The Balaban J connectivity index is 2.27. The zero-order chi connectivity index (χ0) is 13.8. The van der Waals surface area contributed by atoms with Gasteiger partial charge in [-0.15, -0.1) is 11.6 Å². The minimum atomic E-state index is -0.417. The van der Waals surface area contributed by atoms with E-state index >= 15 is 0 Å². The summed E-state index contributed by atoms with van der Waals surface area (Å²) in [5.41, 5.74) is 0.440. The predicted octanol–water partition coefficient (Wildman–Crippen LogP) is 3.55. The Morgan fingerprint density at radius 2 is 2.00 bits per heavy atom. The van der Waals surface area contributed by atoms with Gasteiger partial charge in [0.05, 0.1) is 26.2 Å². The fourth-order valence-corrected chi connectivity index (χ4v) is 2.70. The van der Waals surface area contributed by atoms with E-state index in [0.717, 1.165) is 19.4 Å². The number of hydrogen-bond donors (Lipinski definition) is 0. The minimum Gasteiger partial charge on any atom is -0.493 e. The molecule has 1 saturated heterocycles. The van der Waals surface area contributed by atoms with Gasteiger partial charge in [0, 0.05) is 24.2 Å². The second-order valence-electron chi connectivity index (χ2n) is 4.61. The Labute approximate surface area is 117 Å². The fourth-order valence-electron chi connectivity index (χ4n) is 2.33. The van der Waals surface area contributed by atoms with Gasteiger partial charge in [-0.3, -0.25) is 0 Å². The molecule has 1 aromatic rings. The second kappa shape index (κ2) is 6.44. The predicted molar refractivity (Wildman–Crippen MR) is 71.6 cm³/mol. The average molecular weight is 289 g/mol. The maximum Gasteiger partial charge on any atom is 0.163 e. The van der Waals surface area contributed by atoms with Gasteiger partial charge >= 0.3 is 0 Å². The SMILES string of the molecule is COc1cc(F)c(C(Cl)C2CCCOC2)cc1OC. The summed E-state index contributed by atoms with van der Waals surface area (Å²) >= 11 is 6.40. The highest BCUT2D eigenvalue weighted by Crippen LogP contribution is 2.39. The molecule has 0 radical (unpaired) electrons. The summed E-state index contributed by atoms with van der Waals surface area (Å²) in [5, 5.41) is -0.417. The molecule has 2 rings (SSSR count). The third kappa shape index (κ3) is 3.12. The van der Waals surface area contributed by atoms with Crippen LogP contribution in [0.1, 0.15) is 23.8 Å². The van der Waals surface area contributed by atoms with Crippen molar-refractivity contribution in [3.05, 3.63) is 23.5 Å². The molecular weight excluding hydrogens is 271 g/mol. The van der Waals surface area contributed by atoms with Crippen molar-refractivity contribution in [2.24, 2.45) is 5.92 Å². The molecule has 0 aliphatic carbocycles. The highest BCUT2D eigenvalue weighted by atomic mass is 35.5. The van der Waals surface area contributed by atoms with Crippen molar-refractivity contribution in [3.8, 4) is 11.5 Å². The van der Waals surface area contributed by atoms with Gasteiger partial charge in [-0.05, 0) is 18.9 Å². The number of benzene rings is 1. The molecule has 1 fully saturated rings. The zero-order valence-electron chi connectivity index (χ0n) is 11.1. The van der Waals surface area contributed by atoms with Crippen LogP contribution in [0, 0.1) is 11.7 Å². The van der Waals surface area contributed by atoms with Crippen molar-refractivity contribution in [1.29, 1.82) is 0 Å². The summed E-state index contributed by atoms with van der Waals surface area (Å²) in [6.07, 6.45) is 1.91. The van der Waals surface area contributed by atoms with E-state index in [1.54, 1.807) is 6.07 Å². The van der Waals surface area contributed by atoms with Crippen LogP contribution < -0.4 is 9.47 Å². The summed E-state index contributed by atoms with van der Waals surface area (Å²) in [6.45, 7) is 1.33. The van der Waals surface area contributed by atoms with Gasteiger partial charge in [0.25, 0.3) is 0 Å². The van der Waals surface area contributed by atoms with Crippen molar-refractivity contribution in [2.45, 2.75) is 18.2 Å². The summed E-state index contributed by atoms with van der Waals surface area (Å²) in [7, 11) is 3.00. The minimum absolute atomic E-state index is 0.128. The third-order valence-electron chi connectivity index (χ3n) is 3.41. The lowest BCUT2D eigenvalue weighted by Gasteiger charge is -2.27. The van der Waals surface area contributed by atoms with E-state index in [-0.39, 0.29) is 11.7 Å². The lowest BCUT2D eigenvalue weighted by molar-refractivity contribution is 0.0528. The van der Waals surface area contributed by atoms with Crippen LogP contribution in [-0.2, 0) is 4.74 Å². The molecule has 0 saturated carbocycles. The summed E-state index contributed by atoms with van der Waals surface area (Å²) in [5.74, 6) is 0.611. The monoisotopic (exact) mass is 288 g/mol. The van der Waals surface area contributed by atoms with Gasteiger partial charge < -0.3 is 14.2 Å². The lowest BCUT2D eigenvalue weighted by Crippen LogP contribution is -2.21. The number of ether oxygens (including phenoxy) is 3. The van der Waals surface area contributed by atoms with Crippen molar-refractivity contribution in [2.75, 3.05) is 27.4 Å². The molecule has 0 bridgehead atoms. The molecule has 0 N–H and O–H groups in total. The Kier molecular flexibility index (Phi) is 4.88. The molecule has 19 heavy (non-hydrogen) atoms. The van der Waals surface area contributed by atoms with Crippen LogP contribution in [0.15, 0.2) is 12.1 Å². The van der Waals surface area contributed by atoms with Crippen LogP contribution in [0.3, 0.4) is 0 Å². The van der Waals surface area contributed by atoms with Gasteiger partial charge in [0.15, 0.2) is 11.5 Å². The number of rotatable bonds is 4. The average Bonchev–Trinajstić information content (AvgIpc) is 2.47. The summed E-state index contributed by atoms with van der Waals surface area (Å²) in [4.78, 5) is 0. The van der Waals surface area contributed by atoms with Crippen molar-refractivity contribution in [1.82, 2.24) is 0 Å². The van der Waals surface area contributed by atoms with Crippen LogP contribution in [0.2, 0.25) is 0 Å². The van der Waals surface area contributed by atoms with Crippen LogP contribution in [-0.4, -0.2) is 27.4 Å². The maximum absolute atomic E-state index is 14.1. The Hall–Kier alpha value is -1.00. The van der Waals surface area contributed by atoms with Crippen LogP contribution in [0.25, 0.3) is 0 Å². The van der Waals surface area contributed by atoms with Crippen LogP contribution >= 0.6 is 11.6 Å². The first-order valence-electron chi connectivity index (χ1n) is 6.30. The molecule has 0 amide bonds. The number of halogens is 2. The zero-order valence-corrected chi connectivity index (χ0v) is 11.9. The van der Waals surface area contributed by atoms with E-state index in [2.05, 4.69) is 0 Å². The lowest BCUT2D eigenvalue weighted by atomic mass is 9.93. The largest absolute Gasteiger partial charge is 0.493 e. The van der Waals surface area contributed by atoms with Crippen molar-refractivity contribution >= 4 is 11.6 Å². The van der Waals surface area contributed by atoms with Crippen LogP contribution in [0.5, 0.6) is 11.5 Å². The molecule has 1 aliphatic rings. The molecule has 1 heterocycles. The standard InChI is InChI=1S/C14H18ClFO3/c1-17-12-6-10(11(16)7-13(12)18-2)14(15)9-4-3-5-19-8-9/h6-7,9,14H,3-5,8H2,1-2H3. The normalized spacial score (nSPS) is 20.9. The van der Waals surface area contributed by atoms with E-state index in [1.807, 2.05) is 0 Å². The van der Waals surface area contributed by atoms with Gasteiger partial charge in [-0.25, -0.2) is 4.39 Å². The number of methoxy groups -OCH3 is 2. The second-order valence-corrected chi connectivity index (χ2v) is 5.08. The van der Waals surface area contributed by atoms with E-state index < -0.39 is 5.38 Å². The Morgan fingerprint density at radius 3 is 2.58 bits per heavy atom. The molecule has 106 valence electrons. The molecule has 1 aromatic carbocycles. The van der Waals surface area contributed by atoms with Crippen LogP contribution in [0.4, 0.5) is 4.39 Å². The van der Waals surface area contributed by atoms with E-state index in [1.165, 1.54) is 20.3 Å². The molecule has 5 heteroatoms. The summed E-state index contributed by atoms with van der Waals surface area (Å²) in [6, 6.07) is 2.92. The fraction of sp³-hybridized carbons (Fsp3) is 0.571. The number of hydrogen-bond acceptors (Lipinski definition) is 3. The first-order chi connectivity index (χ1) is 9.17. The maximum atomic E-state index is 14.1. The highest BCUT2D eigenvalue weighted by molar-refractivity contribution is 6.21. The van der Waals surface area contributed by atoms with Crippen molar-refractivity contribution in [3.63, 3.8) is 0 Å². The molecular formula is C14H18ClFO3. The molecule has 0 aromatic heterocycles. The van der Waals surface area contributed by atoms with E-state index in [4.69, 9.17) is 25.8 Å². The number of alkyl halides is 1. The van der Waals surface area contributed by atoms with Gasteiger partial charge in [0.2, 0.25) is 0 Å². The highest BCUT2D eigenvalue weighted by Gasteiger charge is 2.27. The third-order valence-corrected chi connectivity index (χ3v) is 4.00. The molecule has 2 unspecified atom stereocenters. The van der Waals surface area contributed by atoms with Gasteiger partial charge in [-0.1, -0.05) is 0 Å². The molecule has 0 spiro atoms. The smallest absolute Gasteiger partial charge is 0.163 e. The van der Waals surface area contributed by atoms with Crippen molar-refractivity contribution < 1.29 is 18.6 Å².